The lowest BCUT2D eigenvalue weighted by Crippen LogP contribution is -2.02. The van der Waals surface area contributed by atoms with E-state index in [1.54, 1.807) is 6.07 Å². The van der Waals surface area contributed by atoms with Gasteiger partial charge in [0, 0.05) is 12.5 Å². The van der Waals surface area contributed by atoms with Crippen LogP contribution in [0.15, 0.2) is 35.5 Å². The largest absolute Gasteiger partial charge is 0.397 e. The first-order valence-corrected chi connectivity index (χ1v) is 6.89. The third-order valence-corrected chi connectivity index (χ3v) is 3.55. The van der Waals surface area contributed by atoms with Crippen LogP contribution in [0.4, 0.5) is 5.69 Å². The lowest BCUT2D eigenvalue weighted by atomic mass is 10.2. The maximum atomic E-state index is 11.4. The highest BCUT2D eigenvalue weighted by atomic mass is 32.2. The molecule has 2 aromatic rings. The van der Waals surface area contributed by atoms with Crippen molar-refractivity contribution in [2.75, 3.05) is 12.0 Å². The van der Waals surface area contributed by atoms with Crippen molar-refractivity contribution in [2.24, 2.45) is 0 Å². The van der Waals surface area contributed by atoms with Gasteiger partial charge in [-0.05, 0) is 18.6 Å². The zero-order valence-electron chi connectivity index (χ0n) is 9.58. The Balaban J connectivity index is 2.59. The van der Waals surface area contributed by atoms with Crippen molar-refractivity contribution >= 4 is 15.5 Å². The van der Waals surface area contributed by atoms with Crippen LogP contribution in [-0.2, 0) is 9.84 Å². The first-order chi connectivity index (χ1) is 7.89. The average molecular weight is 251 g/mol. The summed E-state index contributed by atoms with van der Waals surface area (Å²) in [6.45, 7) is 1.90. The van der Waals surface area contributed by atoms with Gasteiger partial charge in [-0.3, -0.25) is 0 Å². The van der Waals surface area contributed by atoms with Crippen molar-refractivity contribution in [1.82, 2.24) is 9.78 Å². The van der Waals surface area contributed by atoms with Crippen LogP contribution in [0.2, 0.25) is 0 Å². The Bertz CT molecular complexity index is 639. The Morgan fingerprint density at radius 2 is 2.06 bits per heavy atom. The molecule has 6 heteroatoms. The third-order valence-electron chi connectivity index (χ3n) is 2.49. The fourth-order valence-corrected chi connectivity index (χ4v) is 2.14. The molecule has 1 heterocycles. The molecule has 0 atom stereocenters. The molecule has 0 spiro atoms. The highest BCUT2D eigenvalue weighted by molar-refractivity contribution is 7.90. The van der Waals surface area contributed by atoms with Crippen molar-refractivity contribution in [1.29, 1.82) is 0 Å². The van der Waals surface area contributed by atoms with Gasteiger partial charge < -0.3 is 5.73 Å². The third kappa shape index (κ3) is 2.16. The van der Waals surface area contributed by atoms with E-state index in [1.165, 1.54) is 17.1 Å². The van der Waals surface area contributed by atoms with E-state index in [-0.39, 0.29) is 4.90 Å². The summed E-state index contributed by atoms with van der Waals surface area (Å²) < 4.78 is 24.2. The lowest BCUT2D eigenvalue weighted by molar-refractivity contribution is 0.602. The number of nitrogens with zero attached hydrogens (tertiary/aromatic N) is 2. The monoisotopic (exact) mass is 251 g/mol. The Labute approximate surface area is 99.8 Å². The molecule has 0 radical (unpaired) electrons. The number of nitrogen functional groups attached to an aromatic ring is 1. The molecular weight excluding hydrogens is 238 g/mol. The summed E-state index contributed by atoms with van der Waals surface area (Å²) >= 11 is 0. The van der Waals surface area contributed by atoms with E-state index < -0.39 is 9.84 Å². The molecule has 0 saturated heterocycles. The number of para-hydroxylation sites is 1. The van der Waals surface area contributed by atoms with E-state index in [0.29, 0.717) is 11.4 Å². The topological polar surface area (TPSA) is 78.0 Å². The summed E-state index contributed by atoms with van der Waals surface area (Å²) in [6.07, 6.45) is 3.94. The Kier molecular flexibility index (Phi) is 2.66. The van der Waals surface area contributed by atoms with Gasteiger partial charge >= 0.3 is 0 Å². The molecule has 0 amide bonds. The highest BCUT2D eigenvalue weighted by Gasteiger charge is 2.12. The normalized spacial score (nSPS) is 11.6. The first kappa shape index (κ1) is 11.7. The number of benzene rings is 1. The zero-order chi connectivity index (χ0) is 12.6. The Morgan fingerprint density at radius 3 is 2.59 bits per heavy atom. The minimum Gasteiger partial charge on any atom is -0.397 e. The van der Waals surface area contributed by atoms with Crippen molar-refractivity contribution in [2.45, 2.75) is 11.8 Å². The van der Waals surface area contributed by atoms with E-state index >= 15 is 0 Å². The summed E-state index contributed by atoms with van der Waals surface area (Å²) in [5, 5.41) is 4.03. The van der Waals surface area contributed by atoms with E-state index in [0.717, 1.165) is 11.8 Å². The minimum atomic E-state index is -3.24. The maximum Gasteiger partial charge on any atom is 0.178 e. The fraction of sp³-hybridized carbons (Fsp3) is 0.182. The summed E-state index contributed by atoms with van der Waals surface area (Å²) in [5.74, 6) is 0. The number of anilines is 1. The first-order valence-electron chi connectivity index (χ1n) is 5.00. The van der Waals surface area contributed by atoms with Crippen LogP contribution < -0.4 is 5.73 Å². The molecule has 0 saturated carbocycles. The minimum absolute atomic E-state index is 0.181. The van der Waals surface area contributed by atoms with Gasteiger partial charge in [-0.2, -0.15) is 5.10 Å². The van der Waals surface area contributed by atoms with Crippen molar-refractivity contribution in [3.8, 4) is 5.69 Å². The van der Waals surface area contributed by atoms with Gasteiger partial charge in [-0.25, -0.2) is 13.1 Å². The number of aromatic nitrogens is 2. The Hall–Kier alpha value is -1.82. The smallest absolute Gasteiger partial charge is 0.178 e. The van der Waals surface area contributed by atoms with Gasteiger partial charge in [0.25, 0.3) is 0 Å². The molecular formula is C11H13N3O2S. The molecule has 5 nitrogen and oxygen atoms in total. The molecule has 0 fully saturated rings. The molecule has 2 rings (SSSR count). The van der Waals surface area contributed by atoms with Crippen LogP contribution in [0.25, 0.3) is 5.69 Å². The van der Waals surface area contributed by atoms with Gasteiger partial charge in [0.15, 0.2) is 9.84 Å². The molecule has 0 bridgehead atoms. The number of sulfone groups is 1. The molecule has 17 heavy (non-hydrogen) atoms. The molecule has 0 aliphatic rings. The van der Waals surface area contributed by atoms with E-state index in [9.17, 15) is 8.42 Å². The van der Waals surface area contributed by atoms with Crippen molar-refractivity contribution in [3.63, 3.8) is 0 Å². The Morgan fingerprint density at radius 1 is 1.35 bits per heavy atom. The zero-order valence-corrected chi connectivity index (χ0v) is 10.4. The fourth-order valence-electron chi connectivity index (χ4n) is 1.61. The van der Waals surface area contributed by atoms with Gasteiger partial charge in [0.1, 0.15) is 4.90 Å². The number of aryl methyl sites for hydroxylation is 1. The number of hydrogen-bond acceptors (Lipinski definition) is 4. The summed E-state index contributed by atoms with van der Waals surface area (Å²) in [7, 11) is -3.24. The van der Waals surface area contributed by atoms with Gasteiger partial charge in [-0.15, -0.1) is 0 Å². The van der Waals surface area contributed by atoms with Crippen molar-refractivity contribution in [3.05, 3.63) is 36.2 Å². The lowest BCUT2D eigenvalue weighted by Gasteiger charge is -2.08. The second-order valence-electron chi connectivity index (χ2n) is 3.91. The van der Waals surface area contributed by atoms with Gasteiger partial charge in [0.05, 0.1) is 17.6 Å². The standard InChI is InChI=1S/C11H13N3O2S/c1-8-4-3-5-10(12)11(8)14-7-9(6-13-14)17(2,15)16/h3-7H,12H2,1-2H3. The molecule has 0 aliphatic carbocycles. The number of nitrogens with two attached hydrogens (primary N) is 1. The van der Waals surface area contributed by atoms with Gasteiger partial charge in [0.2, 0.25) is 0 Å². The maximum absolute atomic E-state index is 11.4. The molecule has 0 unspecified atom stereocenters. The van der Waals surface area contributed by atoms with Crippen LogP contribution >= 0.6 is 0 Å². The molecule has 1 aromatic heterocycles. The number of rotatable bonds is 2. The van der Waals surface area contributed by atoms with Crippen LogP contribution in [-0.4, -0.2) is 24.5 Å². The molecule has 2 N–H and O–H groups in total. The highest BCUT2D eigenvalue weighted by Crippen LogP contribution is 2.21. The second-order valence-corrected chi connectivity index (χ2v) is 5.92. The van der Waals surface area contributed by atoms with Crippen molar-refractivity contribution < 1.29 is 8.42 Å². The summed E-state index contributed by atoms with van der Waals surface area (Å²) in [5.41, 5.74) is 8.07. The van der Waals surface area contributed by atoms with Crippen LogP contribution in [0.3, 0.4) is 0 Å². The molecule has 90 valence electrons. The number of hydrogen-bond donors (Lipinski definition) is 1. The quantitative estimate of drug-likeness (QED) is 0.813. The predicted octanol–water partition coefficient (Wildman–Crippen LogP) is 1.17. The summed E-state index contributed by atoms with van der Waals surface area (Å²) in [6, 6.07) is 5.49. The predicted molar refractivity (Wildman–Crippen MR) is 65.8 cm³/mol. The average Bonchev–Trinajstić information content (AvgIpc) is 2.65. The summed E-state index contributed by atoms with van der Waals surface area (Å²) in [4.78, 5) is 0.181. The second kappa shape index (κ2) is 3.89. The van der Waals surface area contributed by atoms with Crippen LogP contribution in [0.5, 0.6) is 0 Å². The molecule has 1 aromatic carbocycles. The molecule has 0 aliphatic heterocycles. The van der Waals surface area contributed by atoms with E-state index in [2.05, 4.69) is 5.10 Å². The SMILES string of the molecule is Cc1cccc(N)c1-n1cc(S(C)(=O)=O)cn1. The van der Waals surface area contributed by atoms with E-state index in [1.807, 2.05) is 19.1 Å². The van der Waals surface area contributed by atoms with E-state index in [4.69, 9.17) is 5.73 Å². The van der Waals surface area contributed by atoms with Gasteiger partial charge in [-0.1, -0.05) is 12.1 Å². The van der Waals surface area contributed by atoms with Crippen LogP contribution in [0.1, 0.15) is 5.56 Å². The van der Waals surface area contributed by atoms with Crippen LogP contribution in [0, 0.1) is 6.92 Å².